The van der Waals surface area contributed by atoms with E-state index in [0.717, 1.165) is 12.0 Å². The smallest absolute Gasteiger partial charge is 0.340 e. The fraction of sp³-hybridized carbons (Fsp3) is 0.200. The number of anilines is 3. The van der Waals surface area contributed by atoms with Gasteiger partial charge in [-0.25, -0.2) is 4.98 Å². The van der Waals surface area contributed by atoms with Gasteiger partial charge in [0, 0.05) is 23.5 Å². The van der Waals surface area contributed by atoms with Gasteiger partial charge in [0.2, 0.25) is 11.8 Å². The predicted octanol–water partition coefficient (Wildman–Crippen LogP) is 3.74. The van der Waals surface area contributed by atoms with Crippen molar-refractivity contribution >= 4 is 33.1 Å². The third-order valence-electron chi connectivity index (χ3n) is 4.25. The number of aromatic nitrogens is 2. The largest absolute Gasteiger partial charge is 0.393 e. The Balaban J connectivity index is 1.93. The molecule has 3 rings (SSSR count). The van der Waals surface area contributed by atoms with E-state index in [1.807, 2.05) is 13.8 Å². The van der Waals surface area contributed by atoms with E-state index in [-0.39, 0.29) is 28.1 Å². The number of rotatable bonds is 8. The monoisotopic (exact) mass is 443 g/mol. The molecule has 0 spiro atoms. The van der Waals surface area contributed by atoms with E-state index >= 15 is 0 Å². The van der Waals surface area contributed by atoms with Crippen LogP contribution < -0.4 is 15.2 Å². The first-order valence-electron chi connectivity index (χ1n) is 9.38. The zero-order valence-corrected chi connectivity index (χ0v) is 17.7. The molecule has 0 saturated carbocycles. The standard InChI is InChI=1S/C20H21N5O5S/c1-3-4-14-12-19(30-31(28,29)16-8-5-13(2)6-9-16)24-20(22-14)23-15-7-10-17(21)18(11-15)25(26)27/h5-12H,3-4,21H2,1-2H3,(H,22,23,24). The minimum atomic E-state index is -4.10. The van der Waals surface area contributed by atoms with Crippen molar-refractivity contribution in [3.63, 3.8) is 0 Å². The number of hydrogen-bond donors (Lipinski definition) is 2. The molecule has 11 heteroatoms. The Labute approximate surface area is 179 Å². The van der Waals surface area contributed by atoms with Crippen molar-refractivity contribution in [2.24, 2.45) is 0 Å². The van der Waals surface area contributed by atoms with Crippen LogP contribution in [0.4, 0.5) is 23.0 Å². The van der Waals surface area contributed by atoms with Crippen molar-refractivity contribution in [3.8, 4) is 5.88 Å². The van der Waals surface area contributed by atoms with Crippen molar-refractivity contribution in [2.75, 3.05) is 11.1 Å². The van der Waals surface area contributed by atoms with Crippen molar-refractivity contribution in [3.05, 3.63) is 69.9 Å². The molecule has 0 aliphatic rings. The Bertz CT molecular complexity index is 1210. The maximum atomic E-state index is 12.6. The van der Waals surface area contributed by atoms with Gasteiger partial charge in [-0.15, -0.1) is 0 Å². The number of aryl methyl sites for hydroxylation is 2. The lowest BCUT2D eigenvalue weighted by Crippen LogP contribution is -2.12. The minimum Gasteiger partial charge on any atom is -0.393 e. The zero-order valence-electron chi connectivity index (χ0n) is 16.9. The molecule has 0 atom stereocenters. The maximum absolute atomic E-state index is 12.6. The fourth-order valence-electron chi connectivity index (χ4n) is 2.73. The van der Waals surface area contributed by atoms with Crippen molar-refractivity contribution in [1.29, 1.82) is 0 Å². The lowest BCUT2D eigenvalue weighted by Gasteiger charge is -2.11. The topological polar surface area (TPSA) is 150 Å². The first-order chi connectivity index (χ1) is 14.7. The first kappa shape index (κ1) is 22.0. The van der Waals surface area contributed by atoms with E-state index in [4.69, 9.17) is 9.92 Å². The Morgan fingerprint density at radius 2 is 1.84 bits per heavy atom. The molecule has 31 heavy (non-hydrogen) atoms. The van der Waals surface area contributed by atoms with Crippen LogP contribution in [0.3, 0.4) is 0 Å². The molecule has 0 radical (unpaired) electrons. The highest BCUT2D eigenvalue weighted by Gasteiger charge is 2.19. The number of nitrogens with one attached hydrogen (secondary N) is 1. The second kappa shape index (κ2) is 8.96. The van der Waals surface area contributed by atoms with Crippen LogP contribution in [0.15, 0.2) is 53.4 Å². The fourth-order valence-corrected chi connectivity index (χ4v) is 3.61. The number of nitro groups is 1. The minimum absolute atomic E-state index is 0.00239. The predicted molar refractivity (Wildman–Crippen MR) is 116 cm³/mol. The van der Waals surface area contributed by atoms with E-state index in [2.05, 4.69) is 15.3 Å². The molecule has 0 amide bonds. The maximum Gasteiger partial charge on any atom is 0.340 e. The first-order valence-corrected chi connectivity index (χ1v) is 10.8. The third-order valence-corrected chi connectivity index (χ3v) is 5.49. The van der Waals surface area contributed by atoms with Crippen LogP contribution in [-0.4, -0.2) is 23.3 Å². The Kier molecular flexibility index (Phi) is 6.35. The zero-order chi connectivity index (χ0) is 22.6. The van der Waals surface area contributed by atoms with Gasteiger partial charge in [0.25, 0.3) is 5.69 Å². The summed E-state index contributed by atoms with van der Waals surface area (Å²) in [6.07, 6.45) is 1.31. The molecule has 0 unspecified atom stereocenters. The molecule has 3 N–H and O–H groups in total. The molecule has 10 nitrogen and oxygen atoms in total. The summed E-state index contributed by atoms with van der Waals surface area (Å²) in [5.41, 5.74) is 7.15. The highest BCUT2D eigenvalue weighted by Crippen LogP contribution is 2.27. The van der Waals surface area contributed by atoms with Crippen LogP contribution in [0.25, 0.3) is 0 Å². The van der Waals surface area contributed by atoms with Crippen LogP contribution in [0.1, 0.15) is 24.6 Å². The highest BCUT2D eigenvalue weighted by molar-refractivity contribution is 7.87. The third kappa shape index (κ3) is 5.45. The summed E-state index contributed by atoms with van der Waals surface area (Å²) in [6, 6.07) is 11.8. The Hall–Kier alpha value is -3.73. The summed E-state index contributed by atoms with van der Waals surface area (Å²) < 4.78 is 30.5. The molecule has 3 aromatic rings. The van der Waals surface area contributed by atoms with Gasteiger partial charge in [-0.1, -0.05) is 31.0 Å². The summed E-state index contributed by atoms with van der Waals surface area (Å²) in [6.45, 7) is 3.79. The van der Waals surface area contributed by atoms with E-state index in [9.17, 15) is 18.5 Å². The van der Waals surface area contributed by atoms with Gasteiger partial charge in [0.15, 0.2) is 0 Å². The number of benzene rings is 2. The van der Waals surface area contributed by atoms with Crippen LogP contribution in [0, 0.1) is 17.0 Å². The summed E-state index contributed by atoms with van der Waals surface area (Å²) in [5, 5.41) is 14.0. The molecular weight excluding hydrogens is 422 g/mol. The van der Waals surface area contributed by atoms with Crippen LogP contribution in [0.5, 0.6) is 5.88 Å². The molecule has 1 heterocycles. The SMILES string of the molecule is CCCc1cc(OS(=O)(=O)c2ccc(C)cc2)nc(Nc2ccc(N)c([N+](=O)[O-])c2)n1. The molecule has 162 valence electrons. The van der Waals surface area contributed by atoms with Gasteiger partial charge in [-0.3, -0.25) is 10.1 Å². The number of nitrogen functional groups attached to an aromatic ring is 1. The number of nitrogens with zero attached hydrogens (tertiary/aromatic N) is 3. The molecule has 0 bridgehead atoms. The highest BCUT2D eigenvalue weighted by atomic mass is 32.2. The number of nitro benzene ring substituents is 1. The van der Waals surface area contributed by atoms with Crippen molar-refractivity contribution < 1.29 is 17.5 Å². The summed E-state index contributed by atoms with van der Waals surface area (Å²) in [7, 11) is -4.10. The normalized spacial score (nSPS) is 11.2. The van der Waals surface area contributed by atoms with Crippen LogP contribution in [0.2, 0.25) is 0 Å². The summed E-state index contributed by atoms with van der Waals surface area (Å²) in [4.78, 5) is 19.0. The van der Waals surface area contributed by atoms with Crippen molar-refractivity contribution in [1.82, 2.24) is 9.97 Å². The second-order valence-corrected chi connectivity index (χ2v) is 8.32. The van der Waals surface area contributed by atoms with Crippen molar-refractivity contribution in [2.45, 2.75) is 31.6 Å². The van der Waals surface area contributed by atoms with Gasteiger partial charge in [-0.2, -0.15) is 13.4 Å². The number of hydrogen-bond acceptors (Lipinski definition) is 9. The molecule has 0 aliphatic carbocycles. The van der Waals surface area contributed by atoms with E-state index < -0.39 is 15.0 Å². The lowest BCUT2D eigenvalue weighted by atomic mass is 10.2. The van der Waals surface area contributed by atoms with Gasteiger partial charge >= 0.3 is 10.1 Å². The average Bonchev–Trinajstić information content (AvgIpc) is 2.69. The summed E-state index contributed by atoms with van der Waals surface area (Å²) >= 11 is 0. The molecule has 0 saturated heterocycles. The molecular formula is C20H21N5O5S. The van der Waals surface area contributed by atoms with Crippen LogP contribution in [-0.2, 0) is 16.5 Å². The van der Waals surface area contributed by atoms with E-state index in [0.29, 0.717) is 17.8 Å². The molecule has 1 aromatic heterocycles. The molecule has 2 aromatic carbocycles. The van der Waals surface area contributed by atoms with Crippen LogP contribution >= 0.6 is 0 Å². The quantitative estimate of drug-likeness (QED) is 0.229. The van der Waals surface area contributed by atoms with Gasteiger partial charge in [0.1, 0.15) is 10.6 Å². The van der Waals surface area contributed by atoms with Gasteiger partial charge in [-0.05, 0) is 37.6 Å². The van der Waals surface area contributed by atoms with E-state index in [1.54, 1.807) is 12.1 Å². The Morgan fingerprint density at radius 1 is 1.13 bits per heavy atom. The second-order valence-electron chi connectivity index (χ2n) is 6.78. The van der Waals surface area contributed by atoms with E-state index in [1.165, 1.54) is 36.4 Å². The van der Waals surface area contributed by atoms with Gasteiger partial charge < -0.3 is 15.2 Å². The lowest BCUT2D eigenvalue weighted by molar-refractivity contribution is -0.383. The average molecular weight is 443 g/mol. The summed E-state index contributed by atoms with van der Waals surface area (Å²) in [5.74, 6) is -0.120. The Morgan fingerprint density at radius 3 is 2.48 bits per heavy atom. The van der Waals surface area contributed by atoms with Gasteiger partial charge in [0.05, 0.1) is 4.92 Å². The molecule has 0 fully saturated rings. The molecule has 0 aliphatic heterocycles. The number of nitrogens with two attached hydrogens (primary N) is 1.